The topological polar surface area (TPSA) is 65.1 Å². The zero-order valence-corrected chi connectivity index (χ0v) is 16.7. The number of carbonyl (C=O) groups excluding carboxylic acids is 2. The number of ether oxygens (including phenoxy) is 3. The maximum absolute atomic E-state index is 14.0. The number of rotatable bonds is 6. The van der Waals surface area contributed by atoms with Crippen molar-refractivity contribution in [2.24, 2.45) is 5.92 Å². The molecule has 0 saturated carbocycles. The third-order valence-electron chi connectivity index (χ3n) is 5.15. The van der Waals surface area contributed by atoms with Crippen LogP contribution in [0.4, 0.5) is 4.39 Å². The van der Waals surface area contributed by atoms with Gasteiger partial charge in [0.25, 0.3) is 5.91 Å². The molecule has 0 N–H and O–H groups in total. The average molecular weight is 401 g/mol. The number of likely N-dealkylation sites (tertiary alicyclic amines) is 1. The molecule has 2 aromatic carbocycles. The highest BCUT2D eigenvalue weighted by Crippen LogP contribution is 2.30. The molecule has 1 heterocycles. The van der Waals surface area contributed by atoms with Gasteiger partial charge in [-0.2, -0.15) is 0 Å². The molecule has 0 spiro atoms. The lowest BCUT2D eigenvalue weighted by Gasteiger charge is -2.32. The Bertz CT molecular complexity index is 914. The Kier molecular flexibility index (Phi) is 6.36. The number of hydrogen-bond donors (Lipinski definition) is 0. The predicted octanol–water partition coefficient (Wildman–Crippen LogP) is 3.59. The predicted molar refractivity (Wildman–Crippen MR) is 105 cm³/mol. The summed E-state index contributed by atoms with van der Waals surface area (Å²) in [5.41, 5.74) is 0.750. The number of piperidine rings is 1. The summed E-state index contributed by atoms with van der Waals surface area (Å²) in [5, 5.41) is 0. The Labute approximate surface area is 169 Å². The van der Waals surface area contributed by atoms with Crippen molar-refractivity contribution in [3.63, 3.8) is 0 Å². The van der Waals surface area contributed by atoms with E-state index in [1.165, 1.54) is 39.5 Å². The van der Waals surface area contributed by atoms with Gasteiger partial charge in [-0.25, -0.2) is 4.39 Å². The molecule has 7 heteroatoms. The van der Waals surface area contributed by atoms with Crippen LogP contribution in [0.15, 0.2) is 36.4 Å². The van der Waals surface area contributed by atoms with Gasteiger partial charge in [0.15, 0.2) is 28.8 Å². The molecular formula is C22H24FNO5. The van der Waals surface area contributed by atoms with E-state index >= 15 is 0 Å². The molecule has 1 aliphatic heterocycles. The first-order valence-electron chi connectivity index (χ1n) is 9.37. The van der Waals surface area contributed by atoms with Crippen LogP contribution in [-0.4, -0.2) is 51.0 Å². The van der Waals surface area contributed by atoms with Crippen LogP contribution >= 0.6 is 0 Å². The molecule has 1 atom stereocenters. The van der Waals surface area contributed by atoms with Gasteiger partial charge in [0.2, 0.25) is 0 Å². The van der Waals surface area contributed by atoms with E-state index in [0.717, 1.165) is 0 Å². The molecule has 6 nitrogen and oxygen atoms in total. The fourth-order valence-corrected chi connectivity index (χ4v) is 3.58. The van der Waals surface area contributed by atoms with Crippen LogP contribution in [0.1, 0.15) is 33.6 Å². The summed E-state index contributed by atoms with van der Waals surface area (Å²) in [6.45, 7) is 0.821. The van der Waals surface area contributed by atoms with Crippen molar-refractivity contribution in [1.82, 2.24) is 4.90 Å². The van der Waals surface area contributed by atoms with Crippen molar-refractivity contribution in [3.8, 4) is 17.2 Å². The average Bonchev–Trinajstić information content (AvgIpc) is 2.77. The zero-order chi connectivity index (χ0) is 21.0. The summed E-state index contributed by atoms with van der Waals surface area (Å²) in [6.07, 6.45) is 1.39. The largest absolute Gasteiger partial charge is 0.494 e. The number of methoxy groups -OCH3 is 3. The summed E-state index contributed by atoms with van der Waals surface area (Å²) in [7, 11) is 4.42. The number of amides is 1. The minimum absolute atomic E-state index is 0.0515. The molecule has 29 heavy (non-hydrogen) atoms. The number of benzene rings is 2. The van der Waals surface area contributed by atoms with E-state index in [9.17, 15) is 14.0 Å². The summed E-state index contributed by atoms with van der Waals surface area (Å²) in [6, 6.07) is 9.17. The highest BCUT2D eigenvalue weighted by molar-refractivity contribution is 6.00. The van der Waals surface area contributed by atoms with Gasteiger partial charge in [-0.1, -0.05) is 0 Å². The molecule has 3 rings (SSSR count). The van der Waals surface area contributed by atoms with Gasteiger partial charge >= 0.3 is 0 Å². The van der Waals surface area contributed by atoms with Crippen LogP contribution in [0.3, 0.4) is 0 Å². The SMILES string of the molecule is COc1ccc(C(=O)N2CCC[C@@H](C(=O)c3ccc(OC)c(OC)c3)C2)cc1F. The highest BCUT2D eigenvalue weighted by Gasteiger charge is 2.30. The Balaban J connectivity index is 1.75. The second-order valence-corrected chi connectivity index (χ2v) is 6.87. The maximum Gasteiger partial charge on any atom is 0.253 e. The van der Waals surface area contributed by atoms with Crippen LogP contribution < -0.4 is 14.2 Å². The minimum atomic E-state index is -0.590. The summed E-state index contributed by atoms with van der Waals surface area (Å²) in [5.74, 6) is -0.147. The number of ketones is 1. The van der Waals surface area contributed by atoms with Crippen molar-refractivity contribution in [2.75, 3.05) is 34.4 Å². The standard InChI is InChI=1S/C22H24FNO5/c1-27-18-8-7-15(11-17(18)23)22(26)24-10-4-5-16(13-24)21(25)14-6-9-19(28-2)20(12-14)29-3/h6-9,11-12,16H,4-5,10,13H2,1-3H3/t16-/m1/s1. The lowest BCUT2D eigenvalue weighted by atomic mass is 9.89. The van der Waals surface area contributed by atoms with Gasteiger partial charge < -0.3 is 19.1 Å². The fourth-order valence-electron chi connectivity index (χ4n) is 3.58. The van der Waals surface area contributed by atoms with E-state index in [2.05, 4.69) is 0 Å². The number of Topliss-reactive ketones (excluding diaryl/α,β-unsaturated/α-hetero) is 1. The molecular weight excluding hydrogens is 377 g/mol. The second-order valence-electron chi connectivity index (χ2n) is 6.87. The molecule has 1 amide bonds. The highest BCUT2D eigenvalue weighted by atomic mass is 19.1. The summed E-state index contributed by atoms with van der Waals surface area (Å²) in [4.78, 5) is 27.4. The third kappa shape index (κ3) is 4.34. The van der Waals surface area contributed by atoms with Crippen molar-refractivity contribution >= 4 is 11.7 Å². The molecule has 0 bridgehead atoms. The van der Waals surface area contributed by atoms with Crippen molar-refractivity contribution in [1.29, 1.82) is 0 Å². The Morgan fingerprint density at radius 1 is 0.931 bits per heavy atom. The fraction of sp³-hybridized carbons (Fsp3) is 0.364. The van der Waals surface area contributed by atoms with Gasteiger partial charge in [-0.05, 0) is 49.2 Å². The summed E-state index contributed by atoms with van der Waals surface area (Å²) < 4.78 is 29.3. The molecule has 1 fully saturated rings. The third-order valence-corrected chi connectivity index (χ3v) is 5.15. The Morgan fingerprint density at radius 3 is 2.24 bits per heavy atom. The quantitative estimate of drug-likeness (QED) is 0.692. The number of carbonyl (C=O) groups is 2. The van der Waals surface area contributed by atoms with Crippen LogP contribution in [-0.2, 0) is 0 Å². The first kappa shape index (κ1) is 20.6. The minimum Gasteiger partial charge on any atom is -0.494 e. The lowest BCUT2D eigenvalue weighted by Crippen LogP contribution is -2.42. The van der Waals surface area contributed by atoms with Crippen LogP contribution in [0.25, 0.3) is 0 Å². The van der Waals surface area contributed by atoms with Gasteiger partial charge in [-0.3, -0.25) is 9.59 Å². The van der Waals surface area contributed by atoms with Gasteiger partial charge in [0.05, 0.1) is 21.3 Å². The van der Waals surface area contributed by atoms with Crippen molar-refractivity contribution < 1.29 is 28.2 Å². The number of halogens is 1. The van der Waals surface area contributed by atoms with Crippen LogP contribution in [0.5, 0.6) is 17.2 Å². The van der Waals surface area contributed by atoms with Gasteiger partial charge in [0.1, 0.15) is 0 Å². The zero-order valence-electron chi connectivity index (χ0n) is 16.7. The van der Waals surface area contributed by atoms with Crippen LogP contribution in [0.2, 0.25) is 0 Å². The van der Waals surface area contributed by atoms with E-state index in [0.29, 0.717) is 43.0 Å². The van der Waals surface area contributed by atoms with Gasteiger partial charge in [0, 0.05) is 30.1 Å². The maximum atomic E-state index is 14.0. The van der Waals surface area contributed by atoms with E-state index in [4.69, 9.17) is 14.2 Å². The van der Waals surface area contributed by atoms with Crippen molar-refractivity contribution in [2.45, 2.75) is 12.8 Å². The molecule has 0 aromatic heterocycles. The van der Waals surface area contributed by atoms with E-state index in [-0.39, 0.29) is 28.9 Å². The first-order chi connectivity index (χ1) is 14.0. The number of nitrogens with zero attached hydrogens (tertiary/aromatic N) is 1. The smallest absolute Gasteiger partial charge is 0.253 e. The molecule has 1 aliphatic rings. The van der Waals surface area contributed by atoms with E-state index in [1.807, 2.05) is 0 Å². The Morgan fingerprint density at radius 2 is 1.59 bits per heavy atom. The Hall–Kier alpha value is -3.09. The molecule has 154 valence electrons. The van der Waals surface area contributed by atoms with Crippen molar-refractivity contribution in [3.05, 3.63) is 53.3 Å². The second kappa shape index (κ2) is 8.94. The van der Waals surface area contributed by atoms with E-state index < -0.39 is 5.82 Å². The molecule has 2 aromatic rings. The lowest BCUT2D eigenvalue weighted by molar-refractivity contribution is 0.0636. The summed E-state index contributed by atoms with van der Waals surface area (Å²) >= 11 is 0. The molecule has 1 saturated heterocycles. The van der Waals surface area contributed by atoms with Crippen LogP contribution in [0, 0.1) is 11.7 Å². The first-order valence-corrected chi connectivity index (χ1v) is 9.37. The van der Waals surface area contributed by atoms with Gasteiger partial charge in [-0.15, -0.1) is 0 Å². The molecule has 0 radical (unpaired) electrons. The van der Waals surface area contributed by atoms with E-state index in [1.54, 1.807) is 23.1 Å². The monoisotopic (exact) mass is 401 g/mol. The normalized spacial score (nSPS) is 16.3. The molecule has 0 aliphatic carbocycles. The molecule has 0 unspecified atom stereocenters. The number of hydrogen-bond acceptors (Lipinski definition) is 5.